The molecule has 0 fully saturated rings. The van der Waals surface area contributed by atoms with Gasteiger partial charge < -0.3 is 68.9 Å². The van der Waals surface area contributed by atoms with Gasteiger partial charge in [0, 0.05) is 67.0 Å². The zero-order chi connectivity index (χ0) is 52.3. The monoisotopic (exact) mass is 1030 g/mol. The minimum Gasteiger partial charge on any atom is -0.481 e. The molecule has 6 amide bonds. The first-order chi connectivity index (χ1) is 34.5. The molecule has 25 heteroatoms. The van der Waals surface area contributed by atoms with E-state index in [0.29, 0.717) is 16.8 Å². The lowest BCUT2D eigenvalue weighted by Gasteiger charge is -2.28. The van der Waals surface area contributed by atoms with E-state index in [1.165, 1.54) is 12.5 Å². The van der Waals surface area contributed by atoms with Crippen LogP contribution in [0.4, 0.5) is 0 Å². The third-order valence-electron chi connectivity index (χ3n) is 11.4. The maximum Gasteiger partial charge on any atom is 0.327 e. The van der Waals surface area contributed by atoms with Crippen molar-refractivity contribution in [3.8, 4) is 0 Å². The predicted molar refractivity (Wildman–Crippen MR) is 273 cm³/mol. The van der Waals surface area contributed by atoms with Crippen LogP contribution in [-0.2, 0) is 57.6 Å². The van der Waals surface area contributed by atoms with Crippen LogP contribution in [0.1, 0.15) is 42.5 Å². The number of thiol groups is 2. The van der Waals surface area contributed by atoms with E-state index in [2.05, 4.69) is 77.4 Å². The number of rotatable bonds is 28. The molecule has 2 aromatic heterocycles. The molecule has 72 heavy (non-hydrogen) atoms. The number of aromatic amines is 2. The number of fused-ring (bicyclic) bond motifs is 2. The second-order valence-corrected chi connectivity index (χ2v) is 17.5. The normalized spacial score (nSPS) is 14.0. The Morgan fingerprint density at radius 3 is 1.83 bits per heavy atom. The second kappa shape index (κ2) is 27.1. The number of H-pyrrole nitrogens is 2. The van der Waals surface area contributed by atoms with Crippen molar-refractivity contribution in [2.24, 2.45) is 11.5 Å². The molecule has 384 valence electrons. The van der Waals surface area contributed by atoms with Crippen molar-refractivity contribution in [1.82, 2.24) is 52.2 Å². The lowest BCUT2D eigenvalue weighted by molar-refractivity contribution is -0.141. The number of carbonyl (C=O) groups excluding carboxylic acids is 6. The highest BCUT2D eigenvalue weighted by atomic mass is 32.1. The number of amides is 6. The van der Waals surface area contributed by atoms with Crippen molar-refractivity contribution < 1.29 is 48.6 Å². The van der Waals surface area contributed by atoms with Crippen molar-refractivity contribution in [3.63, 3.8) is 0 Å². The number of guanidine groups is 1. The van der Waals surface area contributed by atoms with Crippen LogP contribution in [0, 0.1) is 5.41 Å². The first-order valence-electron chi connectivity index (χ1n) is 22.8. The molecule has 0 aliphatic heterocycles. The highest BCUT2D eigenvalue weighted by Gasteiger charge is 2.34. The first kappa shape index (κ1) is 55.3. The second-order valence-electron chi connectivity index (χ2n) is 16.8. The summed E-state index contributed by atoms with van der Waals surface area (Å²) in [6, 6.07) is 10.3. The average Bonchev–Trinajstić information content (AvgIpc) is 4.04. The number of imidazole rings is 1. The van der Waals surface area contributed by atoms with Gasteiger partial charge in [0.25, 0.3) is 0 Å². The van der Waals surface area contributed by atoms with Gasteiger partial charge in [0.05, 0.1) is 18.1 Å². The van der Waals surface area contributed by atoms with E-state index < -0.39 is 96.1 Å². The van der Waals surface area contributed by atoms with Crippen LogP contribution in [0.2, 0.25) is 0 Å². The maximum absolute atomic E-state index is 14.8. The fraction of sp³-hybridized carbons (Fsp3) is 0.362. The number of para-hydroxylation sites is 1. The molecule has 2 heterocycles. The van der Waals surface area contributed by atoms with E-state index in [0.717, 1.165) is 21.7 Å². The summed E-state index contributed by atoms with van der Waals surface area (Å²) >= 11 is 8.09. The Hall–Kier alpha value is -7.64. The zero-order valence-corrected chi connectivity index (χ0v) is 40.6. The predicted octanol–water partition coefficient (Wildman–Crippen LogP) is -0.620. The number of aromatic nitrogens is 3. The molecule has 0 saturated heterocycles. The number of carbonyl (C=O) groups is 8. The zero-order valence-electron chi connectivity index (χ0n) is 38.9. The van der Waals surface area contributed by atoms with Gasteiger partial charge in [-0.2, -0.15) is 25.3 Å². The summed E-state index contributed by atoms with van der Waals surface area (Å²) < 4.78 is 0. The number of nitrogens with one attached hydrogen (secondary N) is 10. The van der Waals surface area contributed by atoms with Gasteiger partial charge in [0.15, 0.2) is 5.96 Å². The Balaban J connectivity index is 1.48. The number of nitrogens with zero attached hydrogens (tertiary/aromatic N) is 1. The van der Waals surface area contributed by atoms with Crippen molar-refractivity contribution in [2.75, 3.05) is 18.1 Å². The molecular weight excluding hydrogens is 971 g/mol. The molecule has 5 rings (SSSR count). The van der Waals surface area contributed by atoms with Crippen molar-refractivity contribution >= 4 is 100 Å². The van der Waals surface area contributed by atoms with Gasteiger partial charge in [-0.05, 0) is 47.2 Å². The molecule has 0 aliphatic rings. The minimum atomic E-state index is -1.48. The highest BCUT2D eigenvalue weighted by molar-refractivity contribution is 7.80. The Morgan fingerprint density at radius 1 is 0.653 bits per heavy atom. The van der Waals surface area contributed by atoms with E-state index >= 15 is 0 Å². The Bertz CT molecular complexity index is 2720. The summed E-state index contributed by atoms with van der Waals surface area (Å²) in [5.41, 5.74) is 13.6. The number of benzene rings is 3. The van der Waals surface area contributed by atoms with E-state index in [1.54, 1.807) is 18.3 Å². The third kappa shape index (κ3) is 16.5. The molecule has 0 radical (unpaired) electrons. The largest absolute Gasteiger partial charge is 0.481 e. The Kier molecular flexibility index (Phi) is 20.8. The summed E-state index contributed by atoms with van der Waals surface area (Å²) in [5.74, 6) is -8.52. The van der Waals surface area contributed by atoms with Gasteiger partial charge >= 0.3 is 11.9 Å². The number of hydrogen-bond donors (Lipinski definition) is 16. The topological polar surface area (TPSA) is 382 Å². The molecule has 0 aliphatic carbocycles. The molecule has 0 unspecified atom stereocenters. The van der Waals surface area contributed by atoms with Crippen LogP contribution >= 0.6 is 25.3 Å². The molecule has 23 nitrogen and oxygen atoms in total. The SMILES string of the molecule is N=C(N)NCCC[C@H](NC(=O)[C@@H](Cc1ccc2ccccc2c1)NC(=O)[C@H](Cc1c[nH]cn1)NC(=O)[C@H](CCC(=O)O)NC(=O)[C@@H](N)CS)C(=O)N[C@@H](Cc1c[nH]c2ccccc12)C(=O)N[C@@H](CS)C(=O)O. The molecule has 0 spiro atoms. The quantitative estimate of drug-likeness (QED) is 0.0129. The Morgan fingerprint density at radius 2 is 1.22 bits per heavy atom. The lowest BCUT2D eigenvalue weighted by Crippen LogP contribution is -2.60. The van der Waals surface area contributed by atoms with Crippen molar-refractivity contribution in [3.05, 3.63) is 102 Å². The van der Waals surface area contributed by atoms with E-state index in [-0.39, 0.29) is 62.5 Å². The highest BCUT2D eigenvalue weighted by Crippen LogP contribution is 2.20. The van der Waals surface area contributed by atoms with Crippen LogP contribution in [0.15, 0.2) is 85.5 Å². The molecule has 0 bridgehead atoms. The number of carboxylic acids is 2. The third-order valence-corrected chi connectivity index (χ3v) is 12.2. The minimum absolute atomic E-state index is 0.0910. The van der Waals surface area contributed by atoms with E-state index in [1.807, 2.05) is 54.6 Å². The molecule has 16 N–H and O–H groups in total. The number of aliphatic carboxylic acids is 2. The van der Waals surface area contributed by atoms with Crippen LogP contribution < -0.4 is 48.7 Å². The maximum atomic E-state index is 14.8. The van der Waals surface area contributed by atoms with Gasteiger partial charge in [-0.1, -0.05) is 60.7 Å². The summed E-state index contributed by atoms with van der Waals surface area (Å²) in [4.78, 5) is 118. The summed E-state index contributed by atoms with van der Waals surface area (Å²) in [5, 5.41) is 47.4. The summed E-state index contributed by atoms with van der Waals surface area (Å²) in [6.07, 6.45) is 3.10. The van der Waals surface area contributed by atoms with E-state index in [9.17, 15) is 48.6 Å². The van der Waals surface area contributed by atoms with Crippen LogP contribution in [-0.4, -0.2) is 139 Å². The fourth-order valence-corrected chi connectivity index (χ4v) is 8.02. The van der Waals surface area contributed by atoms with Crippen LogP contribution in [0.25, 0.3) is 21.7 Å². The molecule has 7 atom stereocenters. The van der Waals surface area contributed by atoms with Crippen molar-refractivity contribution in [2.45, 2.75) is 87.2 Å². The number of nitrogens with two attached hydrogens (primary N) is 2. The van der Waals surface area contributed by atoms with Gasteiger partial charge in [0.2, 0.25) is 35.4 Å². The van der Waals surface area contributed by atoms with Gasteiger partial charge in [-0.15, -0.1) is 0 Å². The van der Waals surface area contributed by atoms with Crippen molar-refractivity contribution in [1.29, 1.82) is 5.41 Å². The van der Waals surface area contributed by atoms with Crippen LogP contribution in [0.3, 0.4) is 0 Å². The fourth-order valence-electron chi connectivity index (χ4n) is 7.60. The number of hydrogen-bond acceptors (Lipinski definition) is 13. The standard InChI is InChI=1S/C47H59N13O10S2/c48-31(22-71)40(63)55-34(13-14-39(61)62)42(65)59-37(19-29-21-51-24-54-29)45(68)57-35(17-25-11-12-26-6-1-2-7-27(26)16-25)43(66)56-33(10-5-15-52-47(49)50)41(64)58-36(44(67)60-38(23-72)46(69)70)18-28-20-53-32-9-4-3-8-30(28)32/h1-4,6-9,11-12,16,20-21,24,31,33-38,53,71-72H,5,10,13-15,17-19,22-23,48H2,(H,51,54)(H,55,63)(H,56,66)(H,57,68)(H,58,64)(H,59,65)(H,60,67)(H,61,62)(H,69,70)(H4,49,50,52)/t31-,33-,34-,35+,36-,37-,38-/m0/s1. The average molecular weight is 1030 g/mol. The Labute approximate surface area is 423 Å². The molecular formula is C47H59N13O10S2. The van der Waals surface area contributed by atoms with Crippen LogP contribution in [0.5, 0.6) is 0 Å². The van der Waals surface area contributed by atoms with Gasteiger partial charge in [0.1, 0.15) is 36.3 Å². The molecule has 5 aromatic rings. The smallest absolute Gasteiger partial charge is 0.327 e. The number of carboxylic acid groups (broad SMARTS) is 2. The van der Waals surface area contributed by atoms with E-state index in [4.69, 9.17) is 16.9 Å². The summed E-state index contributed by atoms with van der Waals surface area (Å²) in [6.45, 7) is 0.0940. The van der Waals surface area contributed by atoms with Gasteiger partial charge in [-0.3, -0.25) is 39.0 Å². The lowest BCUT2D eigenvalue weighted by atomic mass is 9.99. The summed E-state index contributed by atoms with van der Waals surface area (Å²) in [7, 11) is 0. The molecule has 0 saturated carbocycles. The molecule has 3 aromatic carbocycles. The first-order valence-corrected chi connectivity index (χ1v) is 24.0. The van der Waals surface area contributed by atoms with Gasteiger partial charge in [-0.25, -0.2) is 9.78 Å².